The van der Waals surface area contributed by atoms with E-state index in [0.29, 0.717) is 5.41 Å². The van der Waals surface area contributed by atoms with Crippen molar-refractivity contribution in [2.24, 2.45) is 5.73 Å². The van der Waals surface area contributed by atoms with Gasteiger partial charge in [0.25, 0.3) is 0 Å². The minimum absolute atomic E-state index is 0.340. The summed E-state index contributed by atoms with van der Waals surface area (Å²) in [6.45, 7) is 1.92. The maximum Gasteiger partial charge on any atom is 0.0372 e. The summed E-state index contributed by atoms with van der Waals surface area (Å²) in [6, 6.07) is 6.87. The summed E-state index contributed by atoms with van der Waals surface area (Å²) in [5.74, 6) is 0. The van der Waals surface area contributed by atoms with E-state index in [4.69, 9.17) is 5.73 Å². The van der Waals surface area contributed by atoms with E-state index in [1.165, 1.54) is 42.5 Å². The molecule has 0 saturated heterocycles. The molecule has 1 aromatic rings. The van der Waals surface area contributed by atoms with Crippen LogP contribution in [0.2, 0.25) is 0 Å². The third kappa shape index (κ3) is 1.44. The van der Waals surface area contributed by atoms with Crippen LogP contribution in [0.3, 0.4) is 0 Å². The molecule has 1 aliphatic carbocycles. The molecule has 0 unspecified atom stereocenters. The number of benzene rings is 1. The quantitative estimate of drug-likeness (QED) is 0.770. The monoisotopic (exact) mass is 202 g/mol. The van der Waals surface area contributed by atoms with E-state index in [0.717, 1.165) is 13.1 Å². The molecule has 3 rings (SSSR count). The highest BCUT2D eigenvalue weighted by Gasteiger charge is 2.42. The molecule has 1 saturated carbocycles. The second kappa shape index (κ2) is 3.24. The SMILES string of the molecule is NCC1(c2ccc3c(c2)CCCN3)CC1. The lowest BCUT2D eigenvalue weighted by molar-refractivity contribution is 0.701. The average Bonchev–Trinajstić information content (AvgIpc) is 3.09. The van der Waals surface area contributed by atoms with Crippen molar-refractivity contribution in [3.05, 3.63) is 29.3 Å². The maximum atomic E-state index is 5.86. The molecule has 0 amide bonds. The molecule has 1 heterocycles. The van der Waals surface area contributed by atoms with Crippen molar-refractivity contribution >= 4 is 5.69 Å². The van der Waals surface area contributed by atoms with Crippen LogP contribution in [0.15, 0.2) is 18.2 Å². The van der Waals surface area contributed by atoms with Crippen molar-refractivity contribution in [1.82, 2.24) is 0 Å². The molecular formula is C13H18N2. The van der Waals surface area contributed by atoms with Crippen molar-refractivity contribution in [3.8, 4) is 0 Å². The van der Waals surface area contributed by atoms with Gasteiger partial charge in [0.1, 0.15) is 0 Å². The third-order valence-corrected chi connectivity index (χ3v) is 3.90. The highest BCUT2D eigenvalue weighted by Crippen LogP contribution is 2.48. The number of hydrogen-bond donors (Lipinski definition) is 2. The molecular weight excluding hydrogens is 184 g/mol. The Bertz CT molecular complexity index is 380. The maximum absolute atomic E-state index is 5.86. The van der Waals surface area contributed by atoms with Gasteiger partial charge in [0, 0.05) is 24.2 Å². The van der Waals surface area contributed by atoms with E-state index >= 15 is 0 Å². The fraction of sp³-hybridized carbons (Fsp3) is 0.538. The predicted octanol–water partition coefficient (Wildman–Crippen LogP) is 2.04. The highest BCUT2D eigenvalue weighted by molar-refractivity contribution is 5.56. The predicted molar refractivity (Wildman–Crippen MR) is 63.2 cm³/mol. The second-order valence-corrected chi connectivity index (χ2v) is 4.89. The lowest BCUT2D eigenvalue weighted by atomic mass is 9.91. The molecule has 0 atom stereocenters. The average molecular weight is 202 g/mol. The Morgan fingerprint density at radius 1 is 1.33 bits per heavy atom. The standard InChI is InChI=1S/C13H18N2/c14-9-13(5-6-13)11-3-4-12-10(8-11)2-1-7-15-12/h3-4,8,15H,1-2,5-7,9,14H2. The summed E-state index contributed by atoms with van der Waals surface area (Å²) in [5, 5.41) is 3.45. The van der Waals surface area contributed by atoms with Gasteiger partial charge >= 0.3 is 0 Å². The van der Waals surface area contributed by atoms with Crippen LogP contribution in [0.25, 0.3) is 0 Å². The molecule has 15 heavy (non-hydrogen) atoms. The van der Waals surface area contributed by atoms with Gasteiger partial charge < -0.3 is 11.1 Å². The molecule has 2 heteroatoms. The smallest absolute Gasteiger partial charge is 0.0372 e. The number of fused-ring (bicyclic) bond motifs is 1. The Labute approximate surface area is 90.9 Å². The van der Waals surface area contributed by atoms with Gasteiger partial charge in [0.2, 0.25) is 0 Å². The van der Waals surface area contributed by atoms with E-state index in [2.05, 4.69) is 23.5 Å². The zero-order chi connectivity index (χ0) is 10.3. The fourth-order valence-electron chi connectivity index (χ4n) is 2.57. The first-order valence-corrected chi connectivity index (χ1v) is 5.91. The van der Waals surface area contributed by atoms with Gasteiger partial charge in [0.15, 0.2) is 0 Å². The van der Waals surface area contributed by atoms with Crippen LogP contribution >= 0.6 is 0 Å². The van der Waals surface area contributed by atoms with Gasteiger partial charge in [-0.25, -0.2) is 0 Å². The largest absolute Gasteiger partial charge is 0.385 e. The summed E-state index contributed by atoms with van der Waals surface area (Å²) >= 11 is 0. The van der Waals surface area contributed by atoms with Gasteiger partial charge in [-0.05, 0) is 42.9 Å². The first-order chi connectivity index (χ1) is 7.34. The molecule has 80 valence electrons. The second-order valence-electron chi connectivity index (χ2n) is 4.89. The lowest BCUT2D eigenvalue weighted by Crippen LogP contribution is -2.20. The number of nitrogens with one attached hydrogen (secondary N) is 1. The van der Waals surface area contributed by atoms with Crippen LogP contribution in [0.5, 0.6) is 0 Å². The molecule has 2 aliphatic rings. The first kappa shape index (κ1) is 9.22. The zero-order valence-corrected chi connectivity index (χ0v) is 9.05. The van der Waals surface area contributed by atoms with Gasteiger partial charge in [-0.1, -0.05) is 12.1 Å². The van der Waals surface area contributed by atoms with Gasteiger partial charge in [0.05, 0.1) is 0 Å². The molecule has 0 aromatic heterocycles. The normalized spacial score (nSPS) is 21.7. The van der Waals surface area contributed by atoms with Crippen molar-refractivity contribution in [3.63, 3.8) is 0 Å². The Balaban J connectivity index is 1.97. The minimum atomic E-state index is 0.340. The molecule has 0 radical (unpaired) electrons. The Kier molecular flexibility index (Phi) is 1.99. The Morgan fingerprint density at radius 2 is 2.20 bits per heavy atom. The molecule has 0 spiro atoms. The van der Waals surface area contributed by atoms with Gasteiger partial charge in [-0.2, -0.15) is 0 Å². The molecule has 2 nitrogen and oxygen atoms in total. The summed E-state index contributed by atoms with van der Waals surface area (Å²) in [7, 11) is 0. The van der Waals surface area contributed by atoms with Crippen molar-refractivity contribution < 1.29 is 0 Å². The Hall–Kier alpha value is -1.02. The van der Waals surface area contributed by atoms with Crippen LogP contribution in [-0.4, -0.2) is 13.1 Å². The number of rotatable bonds is 2. The third-order valence-electron chi connectivity index (χ3n) is 3.90. The van der Waals surface area contributed by atoms with E-state index in [1.807, 2.05) is 0 Å². The Morgan fingerprint density at radius 3 is 2.93 bits per heavy atom. The van der Waals surface area contributed by atoms with Crippen molar-refractivity contribution in [2.75, 3.05) is 18.4 Å². The minimum Gasteiger partial charge on any atom is -0.385 e. The summed E-state index contributed by atoms with van der Waals surface area (Å²) in [6.07, 6.45) is 5.02. The molecule has 1 aromatic carbocycles. The molecule has 1 aliphatic heterocycles. The van der Waals surface area contributed by atoms with Crippen LogP contribution in [0.1, 0.15) is 30.4 Å². The van der Waals surface area contributed by atoms with Crippen molar-refractivity contribution in [1.29, 1.82) is 0 Å². The first-order valence-electron chi connectivity index (χ1n) is 5.91. The van der Waals surface area contributed by atoms with E-state index in [9.17, 15) is 0 Å². The van der Waals surface area contributed by atoms with Crippen LogP contribution in [0, 0.1) is 0 Å². The number of anilines is 1. The zero-order valence-electron chi connectivity index (χ0n) is 9.05. The summed E-state index contributed by atoms with van der Waals surface area (Å²) in [4.78, 5) is 0. The van der Waals surface area contributed by atoms with Crippen LogP contribution < -0.4 is 11.1 Å². The highest BCUT2D eigenvalue weighted by atomic mass is 14.9. The van der Waals surface area contributed by atoms with E-state index in [-0.39, 0.29) is 0 Å². The molecule has 3 N–H and O–H groups in total. The number of aryl methyl sites for hydroxylation is 1. The summed E-state index contributed by atoms with van der Waals surface area (Å²) < 4.78 is 0. The van der Waals surface area contributed by atoms with E-state index < -0.39 is 0 Å². The van der Waals surface area contributed by atoms with E-state index in [1.54, 1.807) is 0 Å². The fourth-order valence-corrected chi connectivity index (χ4v) is 2.57. The lowest BCUT2D eigenvalue weighted by Gasteiger charge is -2.21. The van der Waals surface area contributed by atoms with Crippen molar-refractivity contribution in [2.45, 2.75) is 31.1 Å². The molecule has 0 bridgehead atoms. The number of nitrogens with two attached hydrogens (primary N) is 1. The van der Waals surface area contributed by atoms with Gasteiger partial charge in [-0.3, -0.25) is 0 Å². The van der Waals surface area contributed by atoms with Crippen LogP contribution in [0.4, 0.5) is 5.69 Å². The number of hydrogen-bond acceptors (Lipinski definition) is 2. The summed E-state index contributed by atoms with van der Waals surface area (Å²) in [5.41, 5.74) is 10.5. The van der Waals surface area contributed by atoms with Crippen LogP contribution in [-0.2, 0) is 11.8 Å². The molecule has 1 fully saturated rings. The topological polar surface area (TPSA) is 38.0 Å². The van der Waals surface area contributed by atoms with Gasteiger partial charge in [-0.15, -0.1) is 0 Å².